The smallest absolute Gasteiger partial charge is 0.313 e. The van der Waals surface area contributed by atoms with Crippen LogP contribution in [0.3, 0.4) is 0 Å². The summed E-state index contributed by atoms with van der Waals surface area (Å²) in [6.07, 6.45) is 4.91. The van der Waals surface area contributed by atoms with Crippen molar-refractivity contribution in [2.24, 2.45) is 0 Å². The Morgan fingerprint density at radius 1 is 1.27 bits per heavy atom. The van der Waals surface area contributed by atoms with Gasteiger partial charge in [0.2, 0.25) is 0 Å². The van der Waals surface area contributed by atoms with Crippen molar-refractivity contribution in [1.29, 1.82) is 0 Å². The number of nitrogens with one attached hydrogen (secondary N) is 2. The molecule has 1 aliphatic heterocycles. The molecule has 2 N–H and O–H groups in total. The molecule has 1 aromatic heterocycles. The second-order valence-corrected chi connectivity index (χ2v) is 4.55. The molecule has 0 unspecified atom stereocenters. The number of aromatic amines is 1. The van der Waals surface area contributed by atoms with Crippen LogP contribution in [0.15, 0.2) is 4.79 Å². The summed E-state index contributed by atoms with van der Waals surface area (Å²) >= 11 is 0. The van der Waals surface area contributed by atoms with Crippen LogP contribution in [0, 0.1) is 0 Å². The van der Waals surface area contributed by atoms with Crippen molar-refractivity contribution in [2.45, 2.75) is 37.6 Å². The predicted molar refractivity (Wildman–Crippen MR) is 56.0 cm³/mol. The van der Waals surface area contributed by atoms with Crippen molar-refractivity contribution in [3.05, 3.63) is 16.3 Å². The van der Waals surface area contributed by atoms with Crippen molar-refractivity contribution < 1.29 is 0 Å². The topological polar surface area (TPSA) is 62.7 Å². The molecule has 0 amide bonds. The molecule has 2 aliphatic rings. The number of hydrogen-bond acceptors (Lipinski definition) is 3. The molecular weight excluding hydrogens is 192 g/mol. The zero-order chi connectivity index (χ0) is 10.3. The predicted octanol–water partition coefficient (Wildman–Crippen LogP) is 0.373. The van der Waals surface area contributed by atoms with Gasteiger partial charge in [0.1, 0.15) is 5.82 Å². The first-order chi connectivity index (χ1) is 7.36. The van der Waals surface area contributed by atoms with E-state index in [9.17, 15) is 4.79 Å². The molecule has 2 fully saturated rings. The Bertz CT molecular complexity index is 398. The minimum absolute atomic E-state index is 0.0385. The normalized spacial score (nSPS) is 23.2. The van der Waals surface area contributed by atoms with Crippen LogP contribution in [0.1, 0.15) is 43.5 Å². The summed E-state index contributed by atoms with van der Waals surface area (Å²) in [5.41, 5.74) is -0.0385. The van der Waals surface area contributed by atoms with E-state index in [0.717, 1.165) is 18.9 Å². The van der Waals surface area contributed by atoms with Gasteiger partial charge in [0.05, 0.1) is 6.04 Å². The van der Waals surface area contributed by atoms with Gasteiger partial charge < -0.3 is 5.32 Å². The Morgan fingerprint density at radius 3 is 2.60 bits per heavy atom. The third-order valence-electron chi connectivity index (χ3n) is 3.58. The Balaban J connectivity index is 1.95. The molecule has 1 saturated carbocycles. The number of nitrogens with zero attached hydrogens (tertiary/aromatic N) is 2. The molecule has 82 valence electrons. The lowest BCUT2D eigenvalue weighted by Gasteiger charge is -2.29. The Hall–Kier alpha value is -1.10. The zero-order valence-corrected chi connectivity index (χ0v) is 8.70. The first kappa shape index (κ1) is 9.15. The molecule has 5 heteroatoms. The first-order valence-corrected chi connectivity index (χ1v) is 5.74. The molecule has 0 aromatic carbocycles. The van der Waals surface area contributed by atoms with Crippen LogP contribution >= 0.6 is 0 Å². The second-order valence-electron chi connectivity index (χ2n) is 4.55. The van der Waals surface area contributed by atoms with E-state index >= 15 is 0 Å². The van der Waals surface area contributed by atoms with E-state index < -0.39 is 0 Å². The fourth-order valence-electron chi connectivity index (χ4n) is 2.60. The van der Waals surface area contributed by atoms with Crippen molar-refractivity contribution in [3.63, 3.8) is 0 Å². The molecule has 1 aliphatic carbocycles. The van der Waals surface area contributed by atoms with Crippen LogP contribution in [0.2, 0.25) is 0 Å². The lowest BCUT2D eigenvalue weighted by molar-refractivity contribution is 0.323. The molecule has 0 spiro atoms. The highest BCUT2D eigenvalue weighted by Gasteiger charge is 2.29. The number of H-pyrrole nitrogens is 1. The van der Waals surface area contributed by atoms with Gasteiger partial charge in [-0.25, -0.2) is 9.89 Å². The summed E-state index contributed by atoms with van der Waals surface area (Å²) in [6, 6.07) is 0.326. The van der Waals surface area contributed by atoms with E-state index in [1.165, 1.54) is 25.7 Å². The maximum absolute atomic E-state index is 11.6. The zero-order valence-electron chi connectivity index (χ0n) is 8.70. The van der Waals surface area contributed by atoms with E-state index in [4.69, 9.17) is 0 Å². The van der Waals surface area contributed by atoms with Crippen LogP contribution in [0.5, 0.6) is 0 Å². The van der Waals surface area contributed by atoms with Crippen LogP contribution in [0.25, 0.3) is 0 Å². The maximum Gasteiger partial charge on any atom is 0.343 e. The third kappa shape index (κ3) is 1.42. The monoisotopic (exact) mass is 208 g/mol. The van der Waals surface area contributed by atoms with E-state index in [-0.39, 0.29) is 5.69 Å². The van der Waals surface area contributed by atoms with Crippen LogP contribution in [-0.4, -0.2) is 27.9 Å². The van der Waals surface area contributed by atoms with E-state index in [1.54, 1.807) is 0 Å². The fourth-order valence-corrected chi connectivity index (χ4v) is 2.60. The molecule has 0 atom stereocenters. The summed E-state index contributed by atoms with van der Waals surface area (Å²) in [6.45, 7) is 1.80. The lowest BCUT2D eigenvalue weighted by atomic mass is 10.1. The number of hydrogen-bond donors (Lipinski definition) is 2. The summed E-state index contributed by atoms with van der Waals surface area (Å²) in [4.78, 5) is 11.6. The highest BCUT2D eigenvalue weighted by Crippen LogP contribution is 2.33. The largest absolute Gasteiger partial charge is 0.343 e. The summed E-state index contributed by atoms with van der Waals surface area (Å²) in [7, 11) is 0. The van der Waals surface area contributed by atoms with Crippen molar-refractivity contribution >= 4 is 0 Å². The van der Waals surface area contributed by atoms with Gasteiger partial charge in [-0.05, 0) is 12.8 Å². The minimum atomic E-state index is -0.0385. The average Bonchev–Trinajstić information content (AvgIpc) is 2.74. The van der Waals surface area contributed by atoms with Gasteiger partial charge in [-0.15, -0.1) is 0 Å². The Labute approximate surface area is 87.9 Å². The minimum Gasteiger partial charge on any atom is -0.313 e. The van der Waals surface area contributed by atoms with Gasteiger partial charge in [0.25, 0.3) is 0 Å². The van der Waals surface area contributed by atoms with Crippen LogP contribution in [0.4, 0.5) is 0 Å². The van der Waals surface area contributed by atoms with Crippen molar-refractivity contribution in [1.82, 2.24) is 20.1 Å². The summed E-state index contributed by atoms with van der Waals surface area (Å²) in [5.74, 6) is 1.49. The summed E-state index contributed by atoms with van der Waals surface area (Å²) in [5, 5.41) is 9.98. The fraction of sp³-hybridized carbons (Fsp3) is 0.800. The van der Waals surface area contributed by atoms with Gasteiger partial charge in [-0.3, -0.25) is 4.57 Å². The molecule has 0 bridgehead atoms. The first-order valence-electron chi connectivity index (χ1n) is 5.74. The van der Waals surface area contributed by atoms with Gasteiger partial charge in [0.15, 0.2) is 0 Å². The quantitative estimate of drug-likeness (QED) is 0.738. The van der Waals surface area contributed by atoms with Gasteiger partial charge >= 0.3 is 5.69 Å². The molecule has 15 heavy (non-hydrogen) atoms. The molecule has 1 saturated heterocycles. The number of aromatic nitrogens is 3. The van der Waals surface area contributed by atoms with Gasteiger partial charge in [-0.2, -0.15) is 5.10 Å². The third-order valence-corrected chi connectivity index (χ3v) is 3.58. The van der Waals surface area contributed by atoms with E-state index in [0.29, 0.717) is 12.0 Å². The van der Waals surface area contributed by atoms with Crippen molar-refractivity contribution in [3.8, 4) is 0 Å². The molecule has 1 aromatic rings. The Morgan fingerprint density at radius 2 is 2.00 bits per heavy atom. The highest BCUT2D eigenvalue weighted by molar-refractivity contribution is 5.03. The molecule has 0 radical (unpaired) electrons. The average molecular weight is 208 g/mol. The molecule has 3 rings (SSSR count). The maximum atomic E-state index is 11.6. The van der Waals surface area contributed by atoms with Crippen LogP contribution < -0.4 is 11.0 Å². The molecule has 2 heterocycles. The lowest BCUT2D eigenvalue weighted by Crippen LogP contribution is -2.47. The second kappa shape index (κ2) is 3.48. The van der Waals surface area contributed by atoms with E-state index in [2.05, 4.69) is 15.5 Å². The summed E-state index contributed by atoms with van der Waals surface area (Å²) < 4.78 is 1.87. The van der Waals surface area contributed by atoms with Crippen molar-refractivity contribution in [2.75, 3.05) is 13.1 Å². The SMILES string of the molecule is O=c1[nH]nc(C2CCCC2)n1C1CNC1. The standard InChI is InChI=1S/C10H16N4O/c15-10-13-12-9(7-3-1-2-4-7)14(10)8-5-11-6-8/h7-8,11H,1-6H2,(H,13,15). The van der Waals surface area contributed by atoms with Gasteiger partial charge in [0, 0.05) is 19.0 Å². The van der Waals surface area contributed by atoms with E-state index in [1.807, 2.05) is 4.57 Å². The van der Waals surface area contributed by atoms with Crippen LogP contribution in [-0.2, 0) is 0 Å². The molecule has 5 nitrogen and oxygen atoms in total. The highest BCUT2D eigenvalue weighted by atomic mass is 16.1. The Kier molecular flexibility index (Phi) is 2.12. The number of rotatable bonds is 2. The van der Waals surface area contributed by atoms with Gasteiger partial charge in [-0.1, -0.05) is 12.8 Å². The molecular formula is C10H16N4O.